The van der Waals surface area contributed by atoms with Gasteiger partial charge in [0, 0.05) is 0 Å². The molecule has 2 rings (SSSR count). The van der Waals surface area contributed by atoms with Crippen molar-refractivity contribution in [3.05, 3.63) is 35.5 Å². The van der Waals surface area contributed by atoms with Gasteiger partial charge in [0.15, 0.2) is 5.11 Å². The Kier molecular flexibility index (Phi) is 3.62. The van der Waals surface area contributed by atoms with Crippen LogP contribution in [-0.4, -0.2) is 17.1 Å². The van der Waals surface area contributed by atoms with Gasteiger partial charge >= 0.3 is 0 Å². The summed E-state index contributed by atoms with van der Waals surface area (Å²) in [6.45, 7) is 3.95. The Bertz CT molecular complexity index is 506. The zero-order valence-electron chi connectivity index (χ0n) is 10.2. The molecule has 0 aromatic heterocycles. The van der Waals surface area contributed by atoms with Crippen LogP contribution >= 0.6 is 12.2 Å². The van der Waals surface area contributed by atoms with Crippen molar-refractivity contribution in [3.63, 3.8) is 0 Å². The fourth-order valence-electron chi connectivity index (χ4n) is 1.56. The number of hydrogen-bond donors (Lipinski definition) is 2. The fraction of sp³-hybridized carbons (Fsp3) is 0.231. The number of carbonyl (C=O) groups excluding carboxylic acids is 1. The molecule has 0 spiro atoms. The van der Waals surface area contributed by atoms with E-state index >= 15 is 0 Å². The predicted octanol–water partition coefficient (Wildman–Crippen LogP) is 1.82. The standard InChI is InChI=1S/C13H14N2O2S/c1-8(2)17-10-5-3-9(4-6-10)7-11-12(16)15-13(18)14-11/h3-8H,1-2H3,(H2,14,15,16,18). The lowest BCUT2D eigenvalue weighted by atomic mass is 10.2. The quantitative estimate of drug-likeness (QED) is 0.644. The average Bonchev–Trinajstić information content (AvgIpc) is 2.59. The van der Waals surface area contributed by atoms with Crippen LogP contribution in [0.1, 0.15) is 19.4 Å². The molecule has 1 aliphatic heterocycles. The first-order valence-electron chi connectivity index (χ1n) is 5.65. The summed E-state index contributed by atoms with van der Waals surface area (Å²) >= 11 is 4.85. The molecular weight excluding hydrogens is 248 g/mol. The van der Waals surface area contributed by atoms with Gasteiger partial charge in [0.05, 0.1) is 6.10 Å². The number of rotatable bonds is 3. The summed E-state index contributed by atoms with van der Waals surface area (Å²) in [6, 6.07) is 7.53. The van der Waals surface area contributed by atoms with Gasteiger partial charge in [-0.15, -0.1) is 0 Å². The third kappa shape index (κ3) is 3.07. The van der Waals surface area contributed by atoms with Crippen LogP contribution in [0.2, 0.25) is 0 Å². The Morgan fingerprint density at radius 1 is 1.22 bits per heavy atom. The van der Waals surface area contributed by atoms with E-state index in [4.69, 9.17) is 17.0 Å². The molecule has 1 fully saturated rings. The number of nitrogens with one attached hydrogen (secondary N) is 2. The molecule has 0 saturated carbocycles. The van der Waals surface area contributed by atoms with E-state index in [1.165, 1.54) is 0 Å². The van der Waals surface area contributed by atoms with Gasteiger partial charge in [0.25, 0.3) is 5.91 Å². The summed E-state index contributed by atoms with van der Waals surface area (Å²) in [5.41, 5.74) is 1.37. The van der Waals surface area contributed by atoms with E-state index in [1.54, 1.807) is 6.08 Å². The zero-order valence-corrected chi connectivity index (χ0v) is 11.0. The number of thiocarbonyl (C=S) groups is 1. The molecular formula is C13H14N2O2S. The normalized spacial score (nSPS) is 16.9. The molecule has 0 bridgehead atoms. The van der Waals surface area contributed by atoms with Crippen LogP contribution in [0.4, 0.5) is 0 Å². The van der Waals surface area contributed by atoms with E-state index in [2.05, 4.69) is 10.6 Å². The van der Waals surface area contributed by atoms with Gasteiger partial charge in [-0.05, 0) is 49.8 Å². The summed E-state index contributed by atoms with van der Waals surface area (Å²) < 4.78 is 5.54. The molecule has 94 valence electrons. The van der Waals surface area contributed by atoms with Gasteiger partial charge in [0.2, 0.25) is 0 Å². The van der Waals surface area contributed by atoms with Gasteiger partial charge in [-0.2, -0.15) is 0 Å². The average molecular weight is 262 g/mol. The van der Waals surface area contributed by atoms with E-state index in [0.29, 0.717) is 10.8 Å². The third-order valence-electron chi connectivity index (χ3n) is 2.28. The van der Waals surface area contributed by atoms with Crippen LogP contribution in [0.5, 0.6) is 5.75 Å². The van der Waals surface area contributed by atoms with Crippen molar-refractivity contribution in [3.8, 4) is 5.75 Å². The van der Waals surface area contributed by atoms with Crippen LogP contribution in [-0.2, 0) is 4.79 Å². The van der Waals surface area contributed by atoms with Crippen molar-refractivity contribution < 1.29 is 9.53 Å². The lowest BCUT2D eigenvalue weighted by Crippen LogP contribution is -2.21. The van der Waals surface area contributed by atoms with E-state index in [9.17, 15) is 4.79 Å². The molecule has 1 amide bonds. The smallest absolute Gasteiger partial charge is 0.273 e. The third-order valence-corrected chi connectivity index (χ3v) is 2.49. The Morgan fingerprint density at radius 3 is 2.39 bits per heavy atom. The highest BCUT2D eigenvalue weighted by Crippen LogP contribution is 2.16. The highest BCUT2D eigenvalue weighted by Gasteiger charge is 2.19. The van der Waals surface area contributed by atoms with Crippen molar-refractivity contribution in [1.29, 1.82) is 0 Å². The second-order valence-corrected chi connectivity index (χ2v) is 4.61. The Hall–Kier alpha value is -1.88. The van der Waals surface area contributed by atoms with Gasteiger partial charge in [0.1, 0.15) is 11.4 Å². The van der Waals surface area contributed by atoms with E-state index < -0.39 is 0 Å². The van der Waals surface area contributed by atoms with Crippen molar-refractivity contribution in [2.45, 2.75) is 20.0 Å². The van der Waals surface area contributed by atoms with Crippen molar-refractivity contribution in [2.75, 3.05) is 0 Å². The van der Waals surface area contributed by atoms with Gasteiger partial charge < -0.3 is 10.1 Å². The first kappa shape index (κ1) is 12.6. The van der Waals surface area contributed by atoms with Crippen LogP contribution in [0, 0.1) is 0 Å². The molecule has 0 aliphatic carbocycles. The van der Waals surface area contributed by atoms with E-state index in [1.807, 2.05) is 38.1 Å². The van der Waals surface area contributed by atoms with Gasteiger partial charge in [-0.3, -0.25) is 10.1 Å². The van der Waals surface area contributed by atoms with Gasteiger partial charge in [-0.1, -0.05) is 12.1 Å². The number of ether oxygens (including phenoxy) is 1. The van der Waals surface area contributed by atoms with Crippen molar-refractivity contribution in [2.24, 2.45) is 0 Å². The molecule has 0 unspecified atom stereocenters. The molecule has 5 heteroatoms. The van der Waals surface area contributed by atoms with E-state index in [0.717, 1.165) is 11.3 Å². The minimum atomic E-state index is -0.206. The molecule has 1 aliphatic rings. The maximum absolute atomic E-state index is 11.4. The summed E-state index contributed by atoms with van der Waals surface area (Å²) in [6.07, 6.45) is 1.89. The summed E-state index contributed by atoms with van der Waals surface area (Å²) in [7, 11) is 0. The number of amides is 1. The molecule has 1 heterocycles. The van der Waals surface area contributed by atoms with Crippen molar-refractivity contribution in [1.82, 2.24) is 10.6 Å². The topological polar surface area (TPSA) is 50.4 Å². The zero-order chi connectivity index (χ0) is 13.1. The second-order valence-electron chi connectivity index (χ2n) is 4.20. The molecule has 1 aromatic rings. The van der Waals surface area contributed by atoms with Crippen LogP contribution in [0.3, 0.4) is 0 Å². The monoisotopic (exact) mass is 262 g/mol. The van der Waals surface area contributed by atoms with Crippen LogP contribution < -0.4 is 15.4 Å². The SMILES string of the molecule is CC(C)Oc1ccc(C=C2NC(=S)NC2=O)cc1. The van der Waals surface area contributed by atoms with Crippen LogP contribution in [0.25, 0.3) is 6.08 Å². The second kappa shape index (κ2) is 5.18. The summed E-state index contributed by atoms with van der Waals surface area (Å²) in [5, 5.41) is 5.65. The molecule has 0 atom stereocenters. The van der Waals surface area contributed by atoms with Crippen LogP contribution in [0.15, 0.2) is 30.0 Å². The first-order valence-corrected chi connectivity index (χ1v) is 6.06. The van der Waals surface area contributed by atoms with Gasteiger partial charge in [-0.25, -0.2) is 0 Å². The number of benzene rings is 1. The Balaban J connectivity index is 2.13. The largest absolute Gasteiger partial charge is 0.491 e. The molecule has 4 nitrogen and oxygen atoms in total. The lowest BCUT2D eigenvalue weighted by molar-refractivity contribution is -0.115. The highest BCUT2D eigenvalue weighted by atomic mass is 32.1. The summed E-state index contributed by atoms with van der Waals surface area (Å²) in [5.74, 6) is 0.606. The van der Waals surface area contributed by atoms with Crippen molar-refractivity contribution >= 4 is 29.3 Å². The minimum Gasteiger partial charge on any atom is -0.491 e. The Morgan fingerprint density at radius 2 is 1.89 bits per heavy atom. The summed E-state index contributed by atoms with van der Waals surface area (Å²) in [4.78, 5) is 11.4. The first-order chi connectivity index (χ1) is 8.54. The molecule has 1 saturated heterocycles. The molecule has 0 radical (unpaired) electrons. The van der Waals surface area contributed by atoms with E-state index in [-0.39, 0.29) is 12.0 Å². The number of hydrogen-bond acceptors (Lipinski definition) is 3. The molecule has 2 N–H and O–H groups in total. The Labute approximate surface area is 111 Å². The fourth-order valence-corrected chi connectivity index (χ4v) is 1.77. The maximum Gasteiger partial charge on any atom is 0.273 e. The molecule has 1 aromatic carbocycles. The number of carbonyl (C=O) groups is 1. The maximum atomic E-state index is 11.4. The highest BCUT2D eigenvalue weighted by molar-refractivity contribution is 7.80. The predicted molar refractivity (Wildman–Crippen MR) is 74.1 cm³/mol. The minimum absolute atomic E-state index is 0.147. The lowest BCUT2D eigenvalue weighted by Gasteiger charge is -2.09. The molecule has 18 heavy (non-hydrogen) atoms.